The summed E-state index contributed by atoms with van der Waals surface area (Å²) in [7, 11) is 0. The summed E-state index contributed by atoms with van der Waals surface area (Å²) in [6.45, 7) is 0.330. The molecule has 1 amide bonds. The van der Waals surface area contributed by atoms with Crippen LogP contribution in [0.4, 0.5) is 4.39 Å². The van der Waals surface area contributed by atoms with Crippen LogP contribution in [0.25, 0.3) is 11.5 Å². The Morgan fingerprint density at radius 1 is 1.22 bits per heavy atom. The van der Waals surface area contributed by atoms with Gasteiger partial charge >= 0.3 is 0 Å². The summed E-state index contributed by atoms with van der Waals surface area (Å²) in [4.78, 5) is 11.7. The molecule has 0 aliphatic rings. The van der Waals surface area contributed by atoms with Crippen LogP contribution >= 0.6 is 11.8 Å². The SMILES string of the molecule is O=C(CSc1nnc(-c2ccc(F)cc2)o1)NCc1ccco1. The van der Waals surface area contributed by atoms with E-state index < -0.39 is 0 Å². The Labute approximate surface area is 135 Å². The molecule has 0 atom stereocenters. The van der Waals surface area contributed by atoms with Crippen molar-refractivity contribution in [1.29, 1.82) is 0 Å². The molecule has 1 aromatic carbocycles. The smallest absolute Gasteiger partial charge is 0.277 e. The molecule has 0 bridgehead atoms. The number of carbonyl (C=O) groups is 1. The number of nitrogens with one attached hydrogen (secondary N) is 1. The number of benzene rings is 1. The molecule has 0 aliphatic carbocycles. The Morgan fingerprint density at radius 2 is 2.04 bits per heavy atom. The lowest BCUT2D eigenvalue weighted by Crippen LogP contribution is -2.24. The third kappa shape index (κ3) is 4.19. The van der Waals surface area contributed by atoms with Crippen molar-refractivity contribution in [3.8, 4) is 11.5 Å². The topological polar surface area (TPSA) is 81.2 Å². The summed E-state index contributed by atoms with van der Waals surface area (Å²) in [6, 6.07) is 9.26. The monoisotopic (exact) mass is 333 g/mol. The fourth-order valence-corrected chi connectivity index (χ4v) is 2.35. The highest BCUT2D eigenvalue weighted by Crippen LogP contribution is 2.23. The number of hydrogen-bond acceptors (Lipinski definition) is 6. The third-order valence-corrected chi connectivity index (χ3v) is 3.68. The molecular weight excluding hydrogens is 321 g/mol. The minimum atomic E-state index is -0.337. The van der Waals surface area contributed by atoms with Crippen LogP contribution < -0.4 is 5.32 Å². The van der Waals surface area contributed by atoms with Crippen LogP contribution in [0.15, 0.2) is 56.7 Å². The van der Waals surface area contributed by atoms with Gasteiger partial charge in [0.05, 0.1) is 18.6 Å². The predicted octanol–water partition coefficient (Wildman–Crippen LogP) is 2.88. The number of nitrogens with zero attached hydrogens (tertiary/aromatic N) is 2. The highest BCUT2D eigenvalue weighted by molar-refractivity contribution is 7.99. The fraction of sp³-hybridized carbons (Fsp3) is 0.133. The number of amides is 1. The first kappa shape index (κ1) is 15.3. The van der Waals surface area contributed by atoms with Crippen LogP contribution in [-0.2, 0) is 11.3 Å². The molecule has 1 N–H and O–H groups in total. The fourth-order valence-electron chi connectivity index (χ4n) is 1.75. The maximum atomic E-state index is 12.9. The Bertz CT molecular complexity index is 772. The van der Waals surface area contributed by atoms with Crippen LogP contribution in [0, 0.1) is 5.82 Å². The van der Waals surface area contributed by atoms with E-state index in [9.17, 15) is 9.18 Å². The summed E-state index contributed by atoms with van der Waals surface area (Å²) in [5, 5.41) is 10.7. The zero-order chi connectivity index (χ0) is 16.1. The van der Waals surface area contributed by atoms with Gasteiger partial charge in [-0.15, -0.1) is 10.2 Å². The lowest BCUT2D eigenvalue weighted by atomic mass is 10.2. The normalized spacial score (nSPS) is 10.7. The van der Waals surface area contributed by atoms with E-state index in [1.165, 1.54) is 12.1 Å². The molecule has 0 saturated heterocycles. The summed E-state index contributed by atoms with van der Waals surface area (Å²) in [5.41, 5.74) is 0.619. The summed E-state index contributed by atoms with van der Waals surface area (Å²) in [5.74, 6) is 0.596. The minimum absolute atomic E-state index is 0.145. The van der Waals surface area contributed by atoms with Crippen molar-refractivity contribution in [3.63, 3.8) is 0 Å². The van der Waals surface area contributed by atoms with Gasteiger partial charge in [0.2, 0.25) is 11.8 Å². The standard InChI is InChI=1S/C15H12FN3O3S/c16-11-5-3-10(4-6-11)14-18-19-15(22-14)23-9-13(20)17-8-12-2-1-7-21-12/h1-7H,8-9H2,(H,17,20). The maximum Gasteiger partial charge on any atom is 0.277 e. The number of thioether (sulfide) groups is 1. The Morgan fingerprint density at radius 3 is 2.78 bits per heavy atom. The number of halogens is 1. The van der Waals surface area contributed by atoms with Crippen molar-refractivity contribution in [2.45, 2.75) is 11.8 Å². The van der Waals surface area contributed by atoms with Crippen LogP contribution in [0.3, 0.4) is 0 Å². The second-order valence-corrected chi connectivity index (χ2v) is 5.45. The van der Waals surface area contributed by atoms with Gasteiger partial charge in [-0.2, -0.15) is 0 Å². The molecular formula is C15H12FN3O3S. The molecule has 2 aromatic heterocycles. The quantitative estimate of drug-likeness (QED) is 0.699. The van der Waals surface area contributed by atoms with Gasteiger partial charge in [-0.25, -0.2) is 4.39 Å². The highest BCUT2D eigenvalue weighted by Gasteiger charge is 2.11. The van der Waals surface area contributed by atoms with Gasteiger partial charge in [-0.3, -0.25) is 4.79 Å². The molecule has 0 radical (unpaired) electrons. The maximum absolute atomic E-state index is 12.9. The molecule has 0 spiro atoms. The average Bonchev–Trinajstić information content (AvgIpc) is 3.23. The number of carbonyl (C=O) groups excluding carboxylic acids is 1. The van der Waals surface area contributed by atoms with E-state index in [0.717, 1.165) is 11.8 Å². The van der Waals surface area contributed by atoms with E-state index in [2.05, 4.69) is 15.5 Å². The first-order chi connectivity index (χ1) is 11.2. The number of aromatic nitrogens is 2. The molecule has 23 heavy (non-hydrogen) atoms. The molecule has 0 saturated carbocycles. The Kier molecular flexibility index (Phi) is 4.72. The van der Waals surface area contributed by atoms with Gasteiger partial charge in [-0.1, -0.05) is 11.8 Å². The number of rotatable bonds is 6. The van der Waals surface area contributed by atoms with Crippen molar-refractivity contribution < 1.29 is 18.0 Å². The summed E-state index contributed by atoms with van der Waals surface area (Å²) >= 11 is 1.13. The van der Waals surface area contributed by atoms with E-state index in [1.807, 2.05) is 0 Å². The zero-order valence-electron chi connectivity index (χ0n) is 11.9. The summed E-state index contributed by atoms with van der Waals surface area (Å²) in [6.07, 6.45) is 1.55. The molecule has 8 heteroatoms. The second-order valence-electron chi connectivity index (χ2n) is 4.52. The largest absolute Gasteiger partial charge is 0.467 e. The predicted molar refractivity (Wildman–Crippen MR) is 81.0 cm³/mol. The Hall–Kier alpha value is -2.61. The van der Waals surface area contributed by atoms with Gasteiger partial charge in [-0.05, 0) is 36.4 Å². The van der Waals surface area contributed by atoms with E-state index in [0.29, 0.717) is 17.9 Å². The molecule has 3 aromatic rings. The zero-order valence-corrected chi connectivity index (χ0v) is 12.7. The average molecular weight is 333 g/mol. The van der Waals surface area contributed by atoms with Crippen LogP contribution in [0.1, 0.15) is 5.76 Å². The van der Waals surface area contributed by atoms with E-state index in [4.69, 9.17) is 8.83 Å². The van der Waals surface area contributed by atoms with Gasteiger partial charge in [0, 0.05) is 5.56 Å². The highest BCUT2D eigenvalue weighted by atomic mass is 32.2. The molecule has 118 valence electrons. The third-order valence-electron chi connectivity index (χ3n) is 2.86. The summed E-state index contributed by atoms with van der Waals surface area (Å²) < 4.78 is 23.4. The molecule has 2 heterocycles. The first-order valence-corrected chi connectivity index (χ1v) is 7.70. The number of furan rings is 1. The second kappa shape index (κ2) is 7.10. The van der Waals surface area contributed by atoms with Crippen molar-refractivity contribution in [2.24, 2.45) is 0 Å². The van der Waals surface area contributed by atoms with E-state index in [-0.39, 0.29) is 28.6 Å². The molecule has 0 fully saturated rings. The van der Waals surface area contributed by atoms with Crippen molar-refractivity contribution in [1.82, 2.24) is 15.5 Å². The van der Waals surface area contributed by atoms with Crippen LogP contribution in [0.2, 0.25) is 0 Å². The Balaban J connectivity index is 1.50. The lowest BCUT2D eigenvalue weighted by molar-refractivity contribution is -0.118. The first-order valence-electron chi connectivity index (χ1n) is 6.72. The molecule has 3 rings (SSSR count). The molecule has 0 aliphatic heterocycles. The molecule has 0 unspecified atom stereocenters. The van der Waals surface area contributed by atoms with Crippen LogP contribution in [-0.4, -0.2) is 21.9 Å². The van der Waals surface area contributed by atoms with Gasteiger partial charge < -0.3 is 14.2 Å². The van der Waals surface area contributed by atoms with E-state index >= 15 is 0 Å². The molecule has 6 nitrogen and oxygen atoms in total. The van der Waals surface area contributed by atoms with Gasteiger partial charge in [0.25, 0.3) is 5.22 Å². The van der Waals surface area contributed by atoms with Crippen molar-refractivity contribution >= 4 is 17.7 Å². The van der Waals surface area contributed by atoms with Crippen molar-refractivity contribution in [3.05, 3.63) is 54.2 Å². The van der Waals surface area contributed by atoms with Gasteiger partial charge in [0.1, 0.15) is 11.6 Å². The minimum Gasteiger partial charge on any atom is -0.467 e. The van der Waals surface area contributed by atoms with E-state index in [1.54, 1.807) is 30.5 Å². The number of hydrogen-bond donors (Lipinski definition) is 1. The van der Waals surface area contributed by atoms with Crippen LogP contribution in [0.5, 0.6) is 0 Å². The van der Waals surface area contributed by atoms with Gasteiger partial charge in [0.15, 0.2) is 0 Å². The lowest BCUT2D eigenvalue weighted by Gasteiger charge is -2.00. The van der Waals surface area contributed by atoms with Crippen molar-refractivity contribution in [2.75, 3.05) is 5.75 Å².